The SMILES string of the molecule is CC(C)(C)OC(=O)NCCNc1ncccc1C(=O)O. The second kappa shape index (κ2) is 6.74. The molecule has 0 saturated heterocycles. The van der Waals surface area contributed by atoms with Crippen LogP contribution in [-0.4, -0.2) is 40.8 Å². The van der Waals surface area contributed by atoms with Crippen LogP contribution in [0.3, 0.4) is 0 Å². The van der Waals surface area contributed by atoms with E-state index < -0.39 is 17.7 Å². The molecule has 0 unspecified atom stereocenters. The fourth-order valence-electron chi connectivity index (χ4n) is 1.38. The second-order valence-electron chi connectivity index (χ2n) is 5.06. The van der Waals surface area contributed by atoms with Gasteiger partial charge >= 0.3 is 12.1 Å². The molecule has 1 aromatic heterocycles. The molecule has 0 radical (unpaired) electrons. The summed E-state index contributed by atoms with van der Waals surface area (Å²) < 4.78 is 5.06. The van der Waals surface area contributed by atoms with E-state index in [1.165, 1.54) is 12.3 Å². The summed E-state index contributed by atoms with van der Waals surface area (Å²) in [6.45, 7) is 5.97. The Hall–Kier alpha value is -2.31. The molecule has 1 heterocycles. The van der Waals surface area contributed by atoms with E-state index in [0.717, 1.165) is 0 Å². The standard InChI is InChI=1S/C13H19N3O4/c1-13(2,3)20-12(19)16-8-7-15-10-9(11(17)18)5-4-6-14-10/h4-6H,7-8H2,1-3H3,(H,14,15)(H,16,19)(H,17,18). The number of carboxylic acids is 1. The van der Waals surface area contributed by atoms with Crippen LogP contribution in [0.2, 0.25) is 0 Å². The molecule has 110 valence electrons. The Balaban J connectivity index is 2.39. The molecule has 1 aromatic rings. The third-order valence-corrected chi connectivity index (χ3v) is 2.12. The van der Waals surface area contributed by atoms with E-state index in [0.29, 0.717) is 13.1 Å². The fourth-order valence-corrected chi connectivity index (χ4v) is 1.38. The van der Waals surface area contributed by atoms with Gasteiger partial charge in [-0.3, -0.25) is 0 Å². The van der Waals surface area contributed by atoms with E-state index in [2.05, 4.69) is 15.6 Å². The van der Waals surface area contributed by atoms with Gasteiger partial charge in [-0.1, -0.05) is 0 Å². The number of aromatic nitrogens is 1. The summed E-state index contributed by atoms with van der Waals surface area (Å²) >= 11 is 0. The molecule has 1 amide bonds. The lowest BCUT2D eigenvalue weighted by molar-refractivity contribution is 0.0529. The van der Waals surface area contributed by atoms with E-state index >= 15 is 0 Å². The summed E-state index contributed by atoms with van der Waals surface area (Å²) in [6.07, 6.45) is 0.981. The Labute approximate surface area is 117 Å². The van der Waals surface area contributed by atoms with Crippen LogP contribution in [0.1, 0.15) is 31.1 Å². The van der Waals surface area contributed by atoms with E-state index in [4.69, 9.17) is 9.84 Å². The van der Waals surface area contributed by atoms with Crippen molar-refractivity contribution in [3.63, 3.8) is 0 Å². The molecule has 0 spiro atoms. The van der Waals surface area contributed by atoms with Crippen LogP contribution < -0.4 is 10.6 Å². The number of alkyl carbamates (subject to hydrolysis) is 1. The predicted molar refractivity (Wildman–Crippen MR) is 73.9 cm³/mol. The molecule has 0 aliphatic carbocycles. The minimum absolute atomic E-state index is 0.0877. The number of nitrogens with zero attached hydrogens (tertiary/aromatic N) is 1. The zero-order valence-corrected chi connectivity index (χ0v) is 11.8. The number of carbonyl (C=O) groups excluding carboxylic acids is 1. The maximum absolute atomic E-state index is 11.4. The van der Waals surface area contributed by atoms with Crippen molar-refractivity contribution < 1.29 is 19.4 Å². The van der Waals surface area contributed by atoms with Crippen molar-refractivity contribution in [1.29, 1.82) is 0 Å². The van der Waals surface area contributed by atoms with Crippen molar-refractivity contribution in [1.82, 2.24) is 10.3 Å². The van der Waals surface area contributed by atoms with Crippen molar-refractivity contribution in [3.05, 3.63) is 23.9 Å². The number of anilines is 1. The van der Waals surface area contributed by atoms with Gasteiger partial charge in [0.05, 0.1) is 0 Å². The first-order valence-electron chi connectivity index (χ1n) is 6.18. The number of carboxylic acid groups (broad SMARTS) is 1. The summed E-state index contributed by atoms with van der Waals surface area (Å²) in [7, 11) is 0. The molecule has 0 aliphatic heterocycles. The molecular formula is C13H19N3O4. The van der Waals surface area contributed by atoms with Gasteiger partial charge in [-0.25, -0.2) is 14.6 Å². The van der Waals surface area contributed by atoms with Gasteiger partial charge < -0.3 is 20.5 Å². The lowest BCUT2D eigenvalue weighted by Crippen LogP contribution is -2.35. The van der Waals surface area contributed by atoms with Crippen LogP contribution in [0.25, 0.3) is 0 Å². The van der Waals surface area contributed by atoms with Crippen molar-refractivity contribution >= 4 is 17.9 Å². The van der Waals surface area contributed by atoms with Gasteiger partial charge in [0.2, 0.25) is 0 Å². The highest BCUT2D eigenvalue weighted by atomic mass is 16.6. The predicted octanol–water partition coefficient (Wildman–Crippen LogP) is 1.72. The van der Waals surface area contributed by atoms with Crippen molar-refractivity contribution in [2.75, 3.05) is 18.4 Å². The lowest BCUT2D eigenvalue weighted by Gasteiger charge is -2.19. The minimum Gasteiger partial charge on any atom is -0.478 e. The normalized spacial score (nSPS) is 10.8. The van der Waals surface area contributed by atoms with Gasteiger partial charge in [0, 0.05) is 19.3 Å². The van der Waals surface area contributed by atoms with Crippen LogP contribution >= 0.6 is 0 Å². The van der Waals surface area contributed by atoms with Crippen LogP contribution in [-0.2, 0) is 4.74 Å². The third-order valence-electron chi connectivity index (χ3n) is 2.12. The summed E-state index contributed by atoms with van der Waals surface area (Å²) in [5, 5.41) is 14.4. The molecule has 20 heavy (non-hydrogen) atoms. The van der Waals surface area contributed by atoms with Crippen molar-refractivity contribution in [3.8, 4) is 0 Å². The maximum Gasteiger partial charge on any atom is 0.407 e. The van der Waals surface area contributed by atoms with Crippen molar-refractivity contribution in [2.45, 2.75) is 26.4 Å². The van der Waals surface area contributed by atoms with Crippen LogP contribution in [0.15, 0.2) is 18.3 Å². The molecule has 0 fully saturated rings. The average Bonchev–Trinajstić information content (AvgIpc) is 2.33. The number of hydrogen-bond donors (Lipinski definition) is 3. The number of amides is 1. The van der Waals surface area contributed by atoms with E-state index in [1.54, 1.807) is 26.8 Å². The molecule has 1 rings (SSSR count). The molecule has 0 bridgehead atoms. The number of ether oxygens (including phenoxy) is 1. The Morgan fingerprint density at radius 1 is 1.35 bits per heavy atom. The smallest absolute Gasteiger partial charge is 0.407 e. The lowest BCUT2D eigenvalue weighted by atomic mass is 10.2. The van der Waals surface area contributed by atoms with Gasteiger partial charge in [0.15, 0.2) is 0 Å². The summed E-state index contributed by atoms with van der Waals surface area (Å²) in [6, 6.07) is 3.01. The van der Waals surface area contributed by atoms with Crippen LogP contribution in [0.4, 0.5) is 10.6 Å². The zero-order valence-electron chi connectivity index (χ0n) is 11.8. The Bertz CT molecular complexity index is 483. The topological polar surface area (TPSA) is 101 Å². The molecule has 3 N–H and O–H groups in total. The van der Waals surface area contributed by atoms with E-state index in [9.17, 15) is 9.59 Å². The molecule has 7 heteroatoms. The molecule has 7 nitrogen and oxygen atoms in total. The Morgan fingerprint density at radius 2 is 2.05 bits per heavy atom. The van der Waals surface area contributed by atoms with Crippen LogP contribution in [0, 0.1) is 0 Å². The molecule has 0 aromatic carbocycles. The van der Waals surface area contributed by atoms with Gasteiger partial charge in [0.25, 0.3) is 0 Å². The number of aromatic carboxylic acids is 1. The summed E-state index contributed by atoms with van der Waals surface area (Å²) in [5.41, 5.74) is -0.459. The minimum atomic E-state index is -1.05. The van der Waals surface area contributed by atoms with Gasteiger partial charge in [-0.05, 0) is 32.9 Å². The first kappa shape index (κ1) is 15.7. The highest BCUT2D eigenvalue weighted by Gasteiger charge is 2.15. The average molecular weight is 281 g/mol. The Kier molecular flexibility index (Phi) is 5.31. The molecular weight excluding hydrogens is 262 g/mol. The number of carbonyl (C=O) groups is 2. The van der Waals surface area contributed by atoms with Gasteiger partial charge in [-0.2, -0.15) is 0 Å². The largest absolute Gasteiger partial charge is 0.478 e. The van der Waals surface area contributed by atoms with Crippen LogP contribution in [0.5, 0.6) is 0 Å². The summed E-state index contributed by atoms with van der Waals surface area (Å²) in [4.78, 5) is 26.3. The highest BCUT2D eigenvalue weighted by Crippen LogP contribution is 2.10. The monoisotopic (exact) mass is 281 g/mol. The fraction of sp³-hybridized carbons (Fsp3) is 0.462. The van der Waals surface area contributed by atoms with Gasteiger partial charge in [-0.15, -0.1) is 0 Å². The highest BCUT2D eigenvalue weighted by molar-refractivity contribution is 5.92. The summed E-state index contributed by atoms with van der Waals surface area (Å²) in [5.74, 6) is -0.785. The second-order valence-corrected chi connectivity index (χ2v) is 5.06. The number of hydrogen-bond acceptors (Lipinski definition) is 5. The zero-order chi connectivity index (χ0) is 15.2. The molecule has 0 saturated carbocycles. The molecule has 0 atom stereocenters. The maximum atomic E-state index is 11.4. The van der Waals surface area contributed by atoms with E-state index in [-0.39, 0.29) is 11.4 Å². The third kappa shape index (κ3) is 5.55. The Morgan fingerprint density at radius 3 is 2.65 bits per heavy atom. The first-order valence-corrected chi connectivity index (χ1v) is 6.18. The molecule has 0 aliphatic rings. The number of nitrogens with one attached hydrogen (secondary N) is 2. The first-order chi connectivity index (χ1) is 9.29. The van der Waals surface area contributed by atoms with Crippen molar-refractivity contribution in [2.24, 2.45) is 0 Å². The van der Waals surface area contributed by atoms with Gasteiger partial charge in [0.1, 0.15) is 17.0 Å². The number of rotatable bonds is 5. The number of pyridine rings is 1. The van der Waals surface area contributed by atoms with E-state index in [1.807, 2.05) is 0 Å². The quantitative estimate of drug-likeness (QED) is 0.710.